The number of fused-ring (bicyclic) bond motifs is 12. The van der Waals surface area contributed by atoms with Gasteiger partial charge in [0.25, 0.3) is 0 Å². The Morgan fingerprint density at radius 3 is 1.44 bits per heavy atom. The molecule has 256 valence electrons. The third kappa shape index (κ3) is 4.78. The molecular weight excluding hydrogens is 669 g/mol. The molecule has 55 heavy (non-hydrogen) atoms. The molecule has 4 heteroatoms. The molecule has 0 radical (unpaired) electrons. The molecule has 6 aromatic carbocycles. The Hall–Kier alpha value is -7.30. The third-order valence-electron chi connectivity index (χ3n) is 11.4. The third-order valence-corrected chi connectivity index (χ3v) is 11.4. The number of rotatable bonds is 4. The van der Waals surface area contributed by atoms with Crippen LogP contribution in [0.2, 0.25) is 0 Å². The summed E-state index contributed by atoms with van der Waals surface area (Å²) in [6.45, 7) is 0. The van der Waals surface area contributed by atoms with Crippen molar-refractivity contribution in [2.45, 2.75) is 5.41 Å². The van der Waals surface area contributed by atoms with Gasteiger partial charge in [-0.15, -0.1) is 0 Å². The van der Waals surface area contributed by atoms with Crippen molar-refractivity contribution >= 4 is 0 Å². The van der Waals surface area contributed by atoms with Gasteiger partial charge in [-0.05, 0) is 97.1 Å². The fourth-order valence-corrected chi connectivity index (χ4v) is 8.95. The number of benzene rings is 6. The Bertz CT molecular complexity index is 2870. The smallest absolute Gasteiger partial charge is 0.160 e. The first-order valence-corrected chi connectivity index (χ1v) is 18.6. The van der Waals surface area contributed by atoms with Gasteiger partial charge < -0.3 is 0 Å². The van der Waals surface area contributed by atoms with Crippen LogP contribution < -0.4 is 0 Å². The lowest BCUT2D eigenvalue weighted by Crippen LogP contribution is -2.29. The number of nitrogens with zero attached hydrogens (tertiary/aromatic N) is 4. The first-order valence-electron chi connectivity index (χ1n) is 18.6. The highest BCUT2D eigenvalue weighted by Gasteiger charge is 2.49. The molecule has 0 atom stereocenters. The first-order chi connectivity index (χ1) is 27.3. The zero-order valence-corrected chi connectivity index (χ0v) is 29.8. The standard InChI is InChI=1S/C51H32N4/c1-2-12-39-38(11-1)40-13-3-6-16-44(40)51(45-17-7-4-14-41(45)42-15-5-8-18-46(42)51)47-24-23-36(30-43(39)47)49-31-48(54-50(55-49)35-25-28-52-29-26-35)34-21-19-33(20-22-34)37-10-9-27-53-32-37/h1-32H. The van der Waals surface area contributed by atoms with Crippen molar-refractivity contribution in [3.8, 4) is 78.4 Å². The molecular formula is C51H32N4. The summed E-state index contributed by atoms with van der Waals surface area (Å²) in [5, 5.41) is 0. The van der Waals surface area contributed by atoms with Crippen molar-refractivity contribution in [3.05, 3.63) is 217 Å². The lowest BCUT2D eigenvalue weighted by molar-refractivity contribution is 0.775. The predicted molar refractivity (Wildman–Crippen MR) is 221 cm³/mol. The Balaban J connectivity index is 1.16. The molecule has 0 saturated carbocycles. The summed E-state index contributed by atoms with van der Waals surface area (Å²) in [6, 6.07) is 61.4. The van der Waals surface area contributed by atoms with Crippen LogP contribution in [0.15, 0.2) is 195 Å². The molecule has 3 heterocycles. The molecule has 1 spiro atoms. The molecule has 11 rings (SSSR count). The van der Waals surface area contributed by atoms with E-state index in [0.29, 0.717) is 5.82 Å². The largest absolute Gasteiger partial charge is 0.265 e. The molecule has 0 unspecified atom stereocenters. The van der Waals surface area contributed by atoms with E-state index < -0.39 is 5.41 Å². The van der Waals surface area contributed by atoms with Gasteiger partial charge in [0.15, 0.2) is 5.82 Å². The van der Waals surface area contributed by atoms with Crippen LogP contribution in [0.25, 0.3) is 78.4 Å². The Morgan fingerprint density at radius 2 is 0.818 bits per heavy atom. The molecule has 0 N–H and O–H groups in total. The maximum atomic E-state index is 5.25. The fraction of sp³-hybridized carbons (Fsp3) is 0.0196. The second kappa shape index (κ2) is 12.4. The van der Waals surface area contributed by atoms with E-state index in [2.05, 4.69) is 162 Å². The minimum Gasteiger partial charge on any atom is -0.265 e. The van der Waals surface area contributed by atoms with E-state index in [1.54, 1.807) is 18.6 Å². The molecule has 2 aliphatic carbocycles. The van der Waals surface area contributed by atoms with Gasteiger partial charge in [-0.3, -0.25) is 9.97 Å². The monoisotopic (exact) mass is 700 g/mol. The van der Waals surface area contributed by atoms with E-state index in [0.717, 1.165) is 39.2 Å². The SMILES string of the molecule is c1cncc(-c2ccc(-c3cc(-c4ccc5c(c4)-c4ccccc4-c4ccccc4C54c5ccccc5-c5ccccc54)nc(-c4ccncc4)n3)cc2)c1. The summed E-state index contributed by atoms with van der Waals surface area (Å²) in [7, 11) is 0. The van der Waals surface area contributed by atoms with E-state index in [-0.39, 0.29) is 0 Å². The summed E-state index contributed by atoms with van der Waals surface area (Å²) in [6.07, 6.45) is 7.27. The summed E-state index contributed by atoms with van der Waals surface area (Å²) in [4.78, 5) is 19.0. The molecule has 2 aliphatic rings. The summed E-state index contributed by atoms with van der Waals surface area (Å²) in [5.41, 5.74) is 19.0. The van der Waals surface area contributed by atoms with Crippen molar-refractivity contribution in [2.24, 2.45) is 0 Å². The normalized spacial score (nSPS) is 12.9. The van der Waals surface area contributed by atoms with E-state index >= 15 is 0 Å². The lowest BCUT2D eigenvalue weighted by Gasteiger charge is -2.35. The first kappa shape index (κ1) is 31.2. The van der Waals surface area contributed by atoms with Crippen LogP contribution in [0.5, 0.6) is 0 Å². The lowest BCUT2D eigenvalue weighted by atomic mass is 9.66. The van der Waals surface area contributed by atoms with Gasteiger partial charge in [-0.1, -0.05) is 140 Å². The van der Waals surface area contributed by atoms with Gasteiger partial charge in [0.1, 0.15) is 0 Å². The number of hydrogen-bond acceptors (Lipinski definition) is 4. The highest BCUT2D eigenvalue weighted by atomic mass is 14.9. The van der Waals surface area contributed by atoms with Gasteiger partial charge in [0, 0.05) is 41.5 Å². The van der Waals surface area contributed by atoms with Crippen LogP contribution in [0.3, 0.4) is 0 Å². The summed E-state index contributed by atoms with van der Waals surface area (Å²) in [5.74, 6) is 0.657. The van der Waals surface area contributed by atoms with Crippen molar-refractivity contribution in [1.29, 1.82) is 0 Å². The molecule has 4 nitrogen and oxygen atoms in total. The maximum absolute atomic E-state index is 5.25. The van der Waals surface area contributed by atoms with Gasteiger partial charge in [-0.2, -0.15) is 0 Å². The van der Waals surface area contributed by atoms with Crippen LogP contribution in [-0.2, 0) is 5.41 Å². The predicted octanol–water partition coefficient (Wildman–Crippen LogP) is 11.9. The molecule has 3 aromatic heterocycles. The van der Waals surface area contributed by atoms with Crippen LogP contribution >= 0.6 is 0 Å². The van der Waals surface area contributed by atoms with Gasteiger partial charge >= 0.3 is 0 Å². The average molecular weight is 701 g/mol. The van der Waals surface area contributed by atoms with E-state index in [9.17, 15) is 0 Å². The molecule has 9 aromatic rings. The van der Waals surface area contributed by atoms with Gasteiger partial charge in [-0.25, -0.2) is 9.97 Å². The van der Waals surface area contributed by atoms with Crippen LogP contribution in [0.4, 0.5) is 0 Å². The summed E-state index contributed by atoms with van der Waals surface area (Å²) < 4.78 is 0. The topological polar surface area (TPSA) is 51.6 Å². The zero-order valence-electron chi connectivity index (χ0n) is 29.8. The van der Waals surface area contributed by atoms with Crippen molar-refractivity contribution in [2.75, 3.05) is 0 Å². The molecule has 0 saturated heterocycles. The second-order valence-corrected chi connectivity index (χ2v) is 14.2. The molecule has 0 amide bonds. The van der Waals surface area contributed by atoms with Crippen molar-refractivity contribution in [1.82, 2.24) is 19.9 Å². The van der Waals surface area contributed by atoms with Crippen LogP contribution in [-0.4, -0.2) is 19.9 Å². The Morgan fingerprint density at radius 1 is 0.309 bits per heavy atom. The summed E-state index contributed by atoms with van der Waals surface area (Å²) >= 11 is 0. The second-order valence-electron chi connectivity index (χ2n) is 14.2. The van der Waals surface area contributed by atoms with Gasteiger partial charge in [0.2, 0.25) is 0 Å². The molecule has 0 aliphatic heterocycles. The van der Waals surface area contributed by atoms with Crippen LogP contribution in [0, 0.1) is 0 Å². The van der Waals surface area contributed by atoms with Gasteiger partial charge in [0.05, 0.1) is 16.8 Å². The number of hydrogen-bond donors (Lipinski definition) is 0. The van der Waals surface area contributed by atoms with E-state index in [4.69, 9.17) is 9.97 Å². The number of pyridine rings is 2. The minimum absolute atomic E-state index is 0.522. The minimum atomic E-state index is -0.522. The van der Waals surface area contributed by atoms with E-state index in [1.165, 1.54) is 55.6 Å². The zero-order chi connectivity index (χ0) is 36.3. The average Bonchev–Trinajstić information content (AvgIpc) is 3.52. The fourth-order valence-electron chi connectivity index (χ4n) is 8.95. The van der Waals surface area contributed by atoms with Crippen molar-refractivity contribution < 1.29 is 0 Å². The maximum Gasteiger partial charge on any atom is 0.160 e. The Labute approximate surface area is 319 Å². The van der Waals surface area contributed by atoms with Crippen molar-refractivity contribution in [3.63, 3.8) is 0 Å². The quantitative estimate of drug-likeness (QED) is 0.183. The Kier molecular flexibility index (Phi) is 7.04. The molecule has 0 fully saturated rings. The highest BCUT2D eigenvalue weighted by molar-refractivity contribution is 5.98. The van der Waals surface area contributed by atoms with E-state index in [1.807, 2.05) is 24.4 Å². The highest BCUT2D eigenvalue weighted by Crippen LogP contribution is 2.61. The number of aromatic nitrogens is 4. The molecule has 0 bridgehead atoms. The van der Waals surface area contributed by atoms with Crippen LogP contribution in [0.1, 0.15) is 22.3 Å².